The number of piperazine rings is 1. The molecule has 2 aromatic carbocycles. The second kappa shape index (κ2) is 10.4. The van der Waals surface area contributed by atoms with Crippen molar-refractivity contribution >= 4 is 17.5 Å². The Kier molecular flexibility index (Phi) is 6.86. The van der Waals surface area contributed by atoms with E-state index in [1.54, 1.807) is 17.0 Å². The van der Waals surface area contributed by atoms with Crippen LogP contribution in [0.3, 0.4) is 0 Å². The number of rotatable bonds is 6. The van der Waals surface area contributed by atoms with Crippen LogP contribution >= 0.6 is 0 Å². The molecule has 1 atom stereocenters. The third-order valence-electron chi connectivity index (χ3n) is 7.01. The Morgan fingerprint density at radius 3 is 2.51 bits per heavy atom. The van der Waals surface area contributed by atoms with Gasteiger partial charge in [-0.2, -0.15) is 0 Å². The number of benzene rings is 2. The highest BCUT2D eigenvalue weighted by atomic mass is 16.3. The van der Waals surface area contributed by atoms with Gasteiger partial charge in [0, 0.05) is 57.9 Å². The van der Waals surface area contributed by atoms with Gasteiger partial charge in [0.1, 0.15) is 6.04 Å². The number of carbonyl (C=O) groups is 2. The van der Waals surface area contributed by atoms with Crippen molar-refractivity contribution in [3.8, 4) is 0 Å². The van der Waals surface area contributed by atoms with Crippen molar-refractivity contribution in [2.45, 2.75) is 25.9 Å². The molecule has 182 valence electrons. The zero-order valence-corrected chi connectivity index (χ0v) is 20.2. The summed E-state index contributed by atoms with van der Waals surface area (Å²) in [6.07, 6.45) is 1.99. The van der Waals surface area contributed by atoms with Gasteiger partial charge < -0.3 is 19.5 Å². The average Bonchev–Trinajstić information content (AvgIpc) is 3.43. The maximum atomic E-state index is 13.2. The number of hydrogen-bond donors (Lipinski definition) is 1. The summed E-state index contributed by atoms with van der Waals surface area (Å²) in [5.74, 6) is -0.108. The Morgan fingerprint density at radius 1 is 0.971 bits per heavy atom. The highest BCUT2D eigenvalue weighted by Crippen LogP contribution is 2.25. The number of nitrogens with zero attached hydrogens (tertiary/aromatic N) is 3. The van der Waals surface area contributed by atoms with Gasteiger partial charge in [-0.25, -0.2) is 0 Å². The molecule has 0 bridgehead atoms. The van der Waals surface area contributed by atoms with Gasteiger partial charge in [0.2, 0.25) is 5.91 Å². The van der Waals surface area contributed by atoms with Crippen LogP contribution in [0, 0.1) is 6.92 Å². The van der Waals surface area contributed by atoms with E-state index in [0.717, 1.165) is 43.9 Å². The summed E-state index contributed by atoms with van der Waals surface area (Å²) in [5.41, 5.74) is 4.74. The standard InChI is InChI=1S/C28H32N4O3/c1-21-6-4-9-24(18-21)31-15-13-30(14-16-31)12-11-29-27(33)25-19-22-7-2-3-8-23(22)20-32(25)28(34)26-10-5-17-35-26/h2-10,17-18,25H,11-16,19-20H2,1H3,(H,29,33)/t25-/m0/s1. The van der Waals surface area contributed by atoms with Crippen LogP contribution in [0.25, 0.3) is 0 Å². The van der Waals surface area contributed by atoms with Crippen molar-refractivity contribution in [3.63, 3.8) is 0 Å². The van der Waals surface area contributed by atoms with Crippen molar-refractivity contribution < 1.29 is 14.0 Å². The van der Waals surface area contributed by atoms with Crippen molar-refractivity contribution in [1.82, 2.24) is 15.1 Å². The fourth-order valence-electron chi connectivity index (χ4n) is 5.02. The van der Waals surface area contributed by atoms with Gasteiger partial charge >= 0.3 is 0 Å². The summed E-state index contributed by atoms with van der Waals surface area (Å²) in [7, 11) is 0. The first-order chi connectivity index (χ1) is 17.1. The molecule has 0 unspecified atom stereocenters. The van der Waals surface area contributed by atoms with Crippen molar-refractivity contribution in [2.75, 3.05) is 44.2 Å². The molecule has 1 aromatic heterocycles. The van der Waals surface area contributed by atoms with Crippen molar-refractivity contribution in [2.24, 2.45) is 0 Å². The minimum Gasteiger partial charge on any atom is -0.459 e. The van der Waals surface area contributed by atoms with Gasteiger partial charge in [-0.15, -0.1) is 0 Å². The lowest BCUT2D eigenvalue weighted by Crippen LogP contribution is -2.54. The Morgan fingerprint density at radius 2 is 1.77 bits per heavy atom. The van der Waals surface area contributed by atoms with Crippen LogP contribution in [0.15, 0.2) is 71.3 Å². The maximum absolute atomic E-state index is 13.2. The Balaban J connectivity index is 1.17. The monoisotopic (exact) mass is 472 g/mol. The average molecular weight is 473 g/mol. The van der Waals surface area contributed by atoms with E-state index < -0.39 is 6.04 Å². The van der Waals surface area contributed by atoms with Gasteiger partial charge in [-0.05, 0) is 47.9 Å². The molecular formula is C28H32N4O3. The molecule has 1 fully saturated rings. The number of carbonyl (C=O) groups excluding carboxylic acids is 2. The number of anilines is 1. The van der Waals surface area contributed by atoms with Crippen LogP contribution in [0.5, 0.6) is 0 Å². The lowest BCUT2D eigenvalue weighted by atomic mass is 9.93. The molecule has 0 aliphatic carbocycles. The van der Waals surface area contributed by atoms with Gasteiger partial charge in [0.05, 0.1) is 6.26 Å². The molecule has 1 saturated heterocycles. The minimum absolute atomic E-state index is 0.113. The Bertz CT molecular complexity index is 1170. The van der Waals surface area contributed by atoms with Crippen LogP contribution in [0.2, 0.25) is 0 Å². The Labute approximate surface area is 206 Å². The molecule has 0 saturated carbocycles. The molecular weight excluding hydrogens is 440 g/mol. The quantitative estimate of drug-likeness (QED) is 0.597. The number of furan rings is 1. The molecule has 7 nitrogen and oxygen atoms in total. The van der Waals surface area contributed by atoms with E-state index in [4.69, 9.17) is 4.42 Å². The fourth-order valence-corrected chi connectivity index (χ4v) is 5.02. The summed E-state index contributed by atoms with van der Waals surface area (Å²) in [4.78, 5) is 32.8. The zero-order chi connectivity index (χ0) is 24.2. The van der Waals surface area contributed by atoms with E-state index in [-0.39, 0.29) is 17.6 Å². The molecule has 2 amide bonds. The van der Waals surface area contributed by atoms with Crippen LogP contribution in [0.1, 0.15) is 27.2 Å². The number of aryl methyl sites for hydroxylation is 1. The maximum Gasteiger partial charge on any atom is 0.290 e. The minimum atomic E-state index is -0.555. The molecule has 2 aliphatic heterocycles. The summed E-state index contributed by atoms with van der Waals surface area (Å²) >= 11 is 0. The molecule has 2 aliphatic rings. The second-order valence-electron chi connectivity index (χ2n) is 9.36. The largest absolute Gasteiger partial charge is 0.459 e. The number of hydrogen-bond acceptors (Lipinski definition) is 5. The smallest absolute Gasteiger partial charge is 0.290 e. The SMILES string of the molecule is Cc1cccc(N2CCN(CCNC(=O)[C@@H]3Cc4ccccc4CN3C(=O)c3ccco3)CC2)c1. The molecule has 0 radical (unpaired) electrons. The fraction of sp³-hybridized carbons (Fsp3) is 0.357. The highest BCUT2D eigenvalue weighted by molar-refractivity contribution is 5.96. The summed E-state index contributed by atoms with van der Waals surface area (Å²) in [6.45, 7) is 7.75. The topological polar surface area (TPSA) is 69.0 Å². The van der Waals surface area contributed by atoms with Crippen LogP contribution < -0.4 is 10.2 Å². The molecule has 3 heterocycles. The first-order valence-electron chi connectivity index (χ1n) is 12.3. The first-order valence-corrected chi connectivity index (χ1v) is 12.3. The van der Waals surface area contributed by atoms with Gasteiger partial charge in [-0.1, -0.05) is 36.4 Å². The second-order valence-corrected chi connectivity index (χ2v) is 9.36. The molecule has 35 heavy (non-hydrogen) atoms. The predicted octanol–water partition coefficient (Wildman–Crippen LogP) is 3.09. The number of nitrogens with one attached hydrogen (secondary N) is 1. The summed E-state index contributed by atoms with van der Waals surface area (Å²) in [5, 5.41) is 3.09. The van der Waals surface area contributed by atoms with Crippen LogP contribution in [0.4, 0.5) is 5.69 Å². The van der Waals surface area contributed by atoms with Crippen LogP contribution in [-0.2, 0) is 17.8 Å². The molecule has 0 spiro atoms. The number of fused-ring (bicyclic) bond motifs is 1. The lowest BCUT2D eigenvalue weighted by Gasteiger charge is -2.37. The lowest BCUT2D eigenvalue weighted by molar-refractivity contribution is -0.126. The Hall–Kier alpha value is -3.58. The van der Waals surface area contributed by atoms with E-state index in [9.17, 15) is 9.59 Å². The molecule has 7 heteroatoms. The van der Waals surface area contributed by atoms with E-state index >= 15 is 0 Å². The van der Waals surface area contributed by atoms with Crippen LogP contribution in [-0.4, -0.2) is 66.9 Å². The third-order valence-corrected chi connectivity index (χ3v) is 7.01. The van der Waals surface area contributed by atoms with Crippen molar-refractivity contribution in [3.05, 3.63) is 89.4 Å². The van der Waals surface area contributed by atoms with Crippen molar-refractivity contribution in [1.29, 1.82) is 0 Å². The first kappa shape index (κ1) is 23.2. The zero-order valence-electron chi connectivity index (χ0n) is 20.2. The van der Waals surface area contributed by atoms with E-state index in [2.05, 4.69) is 46.3 Å². The van der Waals surface area contributed by atoms with Gasteiger partial charge in [-0.3, -0.25) is 14.5 Å². The summed E-state index contributed by atoms with van der Waals surface area (Å²) in [6, 6.07) is 19.4. The van der Waals surface area contributed by atoms with E-state index in [1.165, 1.54) is 17.5 Å². The van der Waals surface area contributed by atoms with E-state index in [0.29, 0.717) is 19.5 Å². The van der Waals surface area contributed by atoms with Gasteiger partial charge in [0.25, 0.3) is 5.91 Å². The molecule has 5 rings (SSSR count). The molecule has 3 aromatic rings. The number of amides is 2. The molecule has 1 N–H and O–H groups in total. The highest BCUT2D eigenvalue weighted by Gasteiger charge is 2.35. The predicted molar refractivity (Wildman–Crippen MR) is 135 cm³/mol. The normalized spacial score (nSPS) is 18.3. The summed E-state index contributed by atoms with van der Waals surface area (Å²) < 4.78 is 5.34. The van der Waals surface area contributed by atoms with Gasteiger partial charge in [0.15, 0.2) is 5.76 Å². The van der Waals surface area contributed by atoms with E-state index in [1.807, 2.05) is 24.3 Å². The third kappa shape index (κ3) is 5.25.